The summed E-state index contributed by atoms with van der Waals surface area (Å²) in [7, 11) is -3.60. The summed E-state index contributed by atoms with van der Waals surface area (Å²) >= 11 is 1.31. The van der Waals surface area contributed by atoms with Crippen LogP contribution in [0, 0.1) is 0 Å². The van der Waals surface area contributed by atoms with Crippen LogP contribution in [-0.2, 0) is 16.6 Å². The van der Waals surface area contributed by atoms with E-state index in [9.17, 15) is 13.2 Å². The number of nitrogens with zero attached hydrogens (tertiary/aromatic N) is 2. The van der Waals surface area contributed by atoms with Crippen LogP contribution in [0.25, 0.3) is 0 Å². The van der Waals surface area contributed by atoms with E-state index in [4.69, 9.17) is 0 Å². The Kier molecular flexibility index (Phi) is 8.40. The lowest BCUT2D eigenvalue weighted by Gasteiger charge is -2.21. The zero-order valence-corrected chi connectivity index (χ0v) is 17.5. The number of sulfonamides is 1. The fraction of sp³-hybridized carbons (Fsp3) is 0.474. The Hall–Kier alpha value is -1.77. The van der Waals surface area contributed by atoms with Crippen LogP contribution in [0.4, 0.5) is 0 Å². The molecular formula is C19H27N3O3S2. The third-order valence-electron chi connectivity index (χ3n) is 4.05. The third-order valence-corrected chi connectivity index (χ3v) is 6.75. The molecule has 0 unspecified atom stereocenters. The number of aromatic nitrogens is 1. The highest BCUT2D eigenvalue weighted by atomic mass is 32.2. The number of benzene rings is 1. The summed E-state index contributed by atoms with van der Waals surface area (Å²) in [6.07, 6.45) is 3.58. The van der Waals surface area contributed by atoms with Gasteiger partial charge in [0, 0.05) is 18.5 Å². The average molecular weight is 410 g/mol. The van der Waals surface area contributed by atoms with E-state index in [0.29, 0.717) is 23.8 Å². The Morgan fingerprint density at radius 1 is 1.15 bits per heavy atom. The highest BCUT2D eigenvalue weighted by Gasteiger charge is 2.25. The van der Waals surface area contributed by atoms with Gasteiger partial charge in [0.15, 0.2) is 0 Å². The van der Waals surface area contributed by atoms with Crippen molar-refractivity contribution in [3.8, 4) is 0 Å². The van der Waals surface area contributed by atoms with Gasteiger partial charge in [-0.1, -0.05) is 44.9 Å². The van der Waals surface area contributed by atoms with Crippen molar-refractivity contribution in [2.45, 2.75) is 51.0 Å². The predicted molar refractivity (Wildman–Crippen MR) is 108 cm³/mol. The predicted octanol–water partition coefficient (Wildman–Crippen LogP) is 3.66. The molecule has 1 N–H and O–H groups in total. The van der Waals surface area contributed by atoms with Crippen LogP contribution < -0.4 is 5.32 Å². The topological polar surface area (TPSA) is 79.4 Å². The molecule has 0 fully saturated rings. The number of nitrogens with one attached hydrogen (secondary N) is 1. The van der Waals surface area contributed by atoms with Crippen LogP contribution in [0.1, 0.15) is 55.0 Å². The Morgan fingerprint density at radius 2 is 1.85 bits per heavy atom. The Bertz CT molecular complexity index is 820. The van der Waals surface area contributed by atoms with E-state index in [-0.39, 0.29) is 17.3 Å². The third kappa shape index (κ3) is 6.12. The van der Waals surface area contributed by atoms with Crippen molar-refractivity contribution >= 4 is 27.3 Å². The zero-order chi connectivity index (χ0) is 19.7. The summed E-state index contributed by atoms with van der Waals surface area (Å²) in [5.74, 6) is -0.211. The molecule has 1 aromatic carbocycles. The number of amides is 1. The van der Waals surface area contributed by atoms with Gasteiger partial charge in [-0.15, -0.1) is 11.3 Å². The lowest BCUT2D eigenvalue weighted by atomic mass is 10.3. The number of carbonyl (C=O) groups is 1. The van der Waals surface area contributed by atoms with Crippen molar-refractivity contribution in [1.29, 1.82) is 0 Å². The molecule has 27 heavy (non-hydrogen) atoms. The lowest BCUT2D eigenvalue weighted by molar-refractivity contribution is 0.0948. The van der Waals surface area contributed by atoms with E-state index in [0.717, 1.165) is 25.7 Å². The molecule has 148 valence electrons. The molecule has 2 aromatic rings. The van der Waals surface area contributed by atoms with E-state index < -0.39 is 10.0 Å². The summed E-state index contributed by atoms with van der Waals surface area (Å²) in [6.45, 7) is 5.29. The molecule has 0 saturated carbocycles. The molecule has 1 aromatic heterocycles. The first-order valence-corrected chi connectivity index (χ1v) is 11.6. The molecule has 0 atom stereocenters. The van der Waals surface area contributed by atoms with Crippen molar-refractivity contribution in [2.24, 2.45) is 0 Å². The highest BCUT2D eigenvalue weighted by Crippen LogP contribution is 2.21. The molecule has 0 saturated heterocycles. The number of rotatable bonds is 11. The van der Waals surface area contributed by atoms with Gasteiger partial charge in [0.2, 0.25) is 10.0 Å². The Balaban J connectivity index is 2.14. The minimum Gasteiger partial charge on any atom is -0.351 e. The van der Waals surface area contributed by atoms with Gasteiger partial charge in [0.25, 0.3) is 5.91 Å². The largest absolute Gasteiger partial charge is 0.351 e. The maximum absolute atomic E-state index is 13.0. The SMILES string of the molecule is CCCCNC(=O)c1csc(CN(CCCC)S(=O)(=O)c2ccccc2)n1. The van der Waals surface area contributed by atoms with Crippen LogP contribution in [0.5, 0.6) is 0 Å². The van der Waals surface area contributed by atoms with Gasteiger partial charge in [-0.25, -0.2) is 13.4 Å². The molecule has 8 heteroatoms. The number of hydrogen-bond acceptors (Lipinski definition) is 5. The van der Waals surface area contributed by atoms with Crippen LogP contribution >= 0.6 is 11.3 Å². The van der Waals surface area contributed by atoms with Crippen molar-refractivity contribution in [1.82, 2.24) is 14.6 Å². The number of thiazole rings is 1. The maximum Gasteiger partial charge on any atom is 0.270 e. The fourth-order valence-electron chi connectivity index (χ4n) is 2.47. The normalized spacial score (nSPS) is 11.7. The average Bonchev–Trinajstić information content (AvgIpc) is 3.14. The molecule has 0 bridgehead atoms. The summed E-state index contributed by atoms with van der Waals surface area (Å²) < 4.78 is 27.4. The highest BCUT2D eigenvalue weighted by molar-refractivity contribution is 7.89. The van der Waals surface area contributed by atoms with Gasteiger partial charge in [-0.05, 0) is 25.0 Å². The summed E-state index contributed by atoms with van der Waals surface area (Å²) in [4.78, 5) is 16.7. The van der Waals surface area contributed by atoms with Crippen molar-refractivity contribution in [3.63, 3.8) is 0 Å². The minimum absolute atomic E-state index is 0.171. The molecule has 1 amide bonds. The number of hydrogen-bond donors (Lipinski definition) is 1. The second-order valence-corrected chi connectivity index (χ2v) is 9.12. The molecule has 1 heterocycles. The lowest BCUT2D eigenvalue weighted by Crippen LogP contribution is -2.31. The molecular weight excluding hydrogens is 382 g/mol. The Morgan fingerprint density at radius 3 is 2.52 bits per heavy atom. The van der Waals surface area contributed by atoms with E-state index in [2.05, 4.69) is 17.2 Å². The first-order valence-electron chi connectivity index (χ1n) is 9.26. The molecule has 0 aliphatic rings. The van der Waals surface area contributed by atoms with Gasteiger partial charge >= 0.3 is 0 Å². The quantitative estimate of drug-likeness (QED) is 0.574. The molecule has 6 nitrogen and oxygen atoms in total. The van der Waals surface area contributed by atoms with E-state index in [1.165, 1.54) is 15.6 Å². The van der Waals surface area contributed by atoms with Crippen molar-refractivity contribution < 1.29 is 13.2 Å². The zero-order valence-electron chi connectivity index (χ0n) is 15.8. The monoisotopic (exact) mass is 409 g/mol. The molecule has 0 aliphatic heterocycles. The fourth-order valence-corrected chi connectivity index (χ4v) is 4.80. The first kappa shape index (κ1) is 21.5. The van der Waals surface area contributed by atoms with Gasteiger partial charge in [-0.3, -0.25) is 4.79 Å². The molecule has 0 radical (unpaired) electrons. The van der Waals surface area contributed by atoms with Crippen LogP contribution in [-0.4, -0.2) is 36.7 Å². The minimum atomic E-state index is -3.60. The second-order valence-electron chi connectivity index (χ2n) is 6.24. The summed E-state index contributed by atoms with van der Waals surface area (Å²) in [5.41, 5.74) is 0.346. The molecule has 2 rings (SSSR count). The van der Waals surface area contributed by atoms with Crippen molar-refractivity contribution in [2.75, 3.05) is 13.1 Å². The second kappa shape index (κ2) is 10.5. The van der Waals surface area contributed by atoms with Crippen LogP contribution in [0.2, 0.25) is 0 Å². The van der Waals surface area contributed by atoms with Gasteiger partial charge < -0.3 is 5.32 Å². The number of carbonyl (C=O) groups excluding carboxylic acids is 1. The Labute approximate surface area is 165 Å². The maximum atomic E-state index is 13.0. The standard InChI is InChI=1S/C19H27N3O3S2/c1-3-5-12-20-19(23)17-15-26-18(21-17)14-22(13-6-4-2)27(24,25)16-10-8-7-9-11-16/h7-11,15H,3-6,12-14H2,1-2H3,(H,20,23). The smallest absolute Gasteiger partial charge is 0.270 e. The van der Waals surface area contributed by atoms with Gasteiger partial charge in [-0.2, -0.15) is 4.31 Å². The van der Waals surface area contributed by atoms with Gasteiger partial charge in [0.1, 0.15) is 10.7 Å². The van der Waals surface area contributed by atoms with Crippen LogP contribution in [0.3, 0.4) is 0 Å². The van der Waals surface area contributed by atoms with Gasteiger partial charge in [0.05, 0.1) is 11.4 Å². The van der Waals surface area contributed by atoms with E-state index in [1.54, 1.807) is 35.7 Å². The summed E-state index contributed by atoms with van der Waals surface area (Å²) in [5, 5.41) is 5.13. The summed E-state index contributed by atoms with van der Waals surface area (Å²) in [6, 6.07) is 8.42. The van der Waals surface area contributed by atoms with Crippen LogP contribution in [0.15, 0.2) is 40.6 Å². The first-order chi connectivity index (χ1) is 13.0. The number of unbranched alkanes of at least 4 members (excludes halogenated alkanes) is 2. The van der Waals surface area contributed by atoms with E-state index >= 15 is 0 Å². The molecule has 0 spiro atoms. The molecule has 0 aliphatic carbocycles. The van der Waals surface area contributed by atoms with Crippen molar-refractivity contribution in [3.05, 3.63) is 46.4 Å². The van der Waals surface area contributed by atoms with E-state index in [1.807, 2.05) is 6.92 Å².